The molecule has 4 heteroatoms. The average molecular weight is 200 g/mol. The van der Waals surface area contributed by atoms with E-state index in [1.807, 2.05) is 0 Å². The first kappa shape index (κ1) is 16.0. The summed E-state index contributed by atoms with van der Waals surface area (Å²) in [6.07, 6.45) is 0. The summed E-state index contributed by atoms with van der Waals surface area (Å²) in [6, 6.07) is 0. The topological polar surface area (TPSA) is 37.3 Å². The zero-order valence-corrected chi connectivity index (χ0v) is 6.35. The molecule has 6 heavy (non-hydrogen) atoms. The van der Waals surface area contributed by atoms with Gasteiger partial charge < -0.3 is 5.11 Å². The normalized spacial score (nSPS) is 4.17. The second-order valence-corrected chi connectivity index (χ2v) is 0.519. The number of hydrogen-bond donors (Lipinski definition) is 1. The Hall–Kier alpha value is 0.562. The van der Waals surface area contributed by atoms with Gasteiger partial charge in [-0.05, 0) is 0 Å². The van der Waals surface area contributed by atoms with Crippen LogP contribution in [-0.4, -0.2) is 11.1 Å². The zero-order chi connectivity index (χ0) is 3.58. The molecule has 0 aromatic rings. The van der Waals surface area contributed by atoms with Gasteiger partial charge in [0.05, 0.1) is 0 Å². The summed E-state index contributed by atoms with van der Waals surface area (Å²) in [5.41, 5.74) is 0. The van der Waals surface area contributed by atoms with Gasteiger partial charge in [-0.2, -0.15) is 9.90 Å². The van der Waals surface area contributed by atoms with Crippen molar-refractivity contribution in [1.29, 1.82) is 0 Å². The van der Waals surface area contributed by atoms with E-state index < -0.39 is 5.97 Å². The maximum absolute atomic E-state index is 9.00. The van der Waals surface area contributed by atoms with Crippen LogP contribution >= 0.6 is 9.90 Å². The van der Waals surface area contributed by atoms with Gasteiger partial charge >= 0.3 is 0 Å². The summed E-state index contributed by atoms with van der Waals surface area (Å²) < 4.78 is 0. The second kappa shape index (κ2) is 9.12. The molecule has 0 aliphatic carbocycles. The van der Waals surface area contributed by atoms with Crippen LogP contribution in [-0.2, 0) is 25.2 Å². The van der Waals surface area contributed by atoms with Crippen molar-refractivity contribution in [2.45, 2.75) is 6.92 Å². The molecular formula is C2H7O2PPd. The van der Waals surface area contributed by atoms with Gasteiger partial charge in [-0.25, -0.2) is 0 Å². The predicted molar refractivity (Wildman–Crippen MR) is 24.4 cm³/mol. The number of carbonyl (C=O) groups is 1. The fourth-order valence-corrected chi connectivity index (χ4v) is 0. The summed E-state index contributed by atoms with van der Waals surface area (Å²) in [5.74, 6) is -0.833. The fourth-order valence-electron chi connectivity index (χ4n) is 0. The van der Waals surface area contributed by atoms with Crippen molar-refractivity contribution in [2.75, 3.05) is 0 Å². The second-order valence-electron chi connectivity index (χ2n) is 0.519. The minimum Gasteiger partial charge on any atom is -0.481 e. The van der Waals surface area contributed by atoms with Gasteiger partial charge in [-0.3, -0.25) is 4.79 Å². The van der Waals surface area contributed by atoms with E-state index in [9.17, 15) is 0 Å². The van der Waals surface area contributed by atoms with E-state index in [0.29, 0.717) is 0 Å². The third-order valence-corrected chi connectivity index (χ3v) is 0. The zero-order valence-electron chi connectivity index (χ0n) is 3.38. The molecule has 0 amide bonds. The van der Waals surface area contributed by atoms with E-state index in [4.69, 9.17) is 9.90 Å². The summed E-state index contributed by atoms with van der Waals surface area (Å²) >= 11 is 0. The Kier molecular flexibility index (Phi) is 24.3. The summed E-state index contributed by atoms with van der Waals surface area (Å²) in [4.78, 5) is 9.00. The quantitative estimate of drug-likeness (QED) is 0.446. The van der Waals surface area contributed by atoms with Gasteiger partial charge in [0, 0.05) is 27.3 Å². The van der Waals surface area contributed by atoms with Crippen LogP contribution in [0.25, 0.3) is 0 Å². The maximum Gasteiger partial charge on any atom is 0.300 e. The van der Waals surface area contributed by atoms with Gasteiger partial charge in [0.1, 0.15) is 0 Å². The Bertz CT molecular complexity index is 34.5. The fraction of sp³-hybridized carbons (Fsp3) is 0.500. The number of rotatable bonds is 0. The minimum absolute atomic E-state index is 0. The molecule has 0 bridgehead atoms. The first-order valence-corrected chi connectivity index (χ1v) is 0.928. The molecule has 0 saturated heterocycles. The molecule has 0 aliphatic rings. The van der Waals surface area contributed by atoms with Crippen molar-refractivity contribution < 1.29 is 30.3 Å². The predicted octanol–water partition coefficient (Wildman–Crippen LogP) is 0.146. The van der Waals surface area contributed by atoms with Crippen molar-refractivity contribution in [1.82, 2.24) is 0 Å². The molecule has 42 valence electrons. The van der Waals surface area contributed by atoms with Crippen LogP contribution in [0.2, 0.25) is 0 Å². The molecule has 0 aromatic carbocycles. The molecular weight excluding hydrogens is 193 g/mol. The Morgan fingerprint density at radius 1 is 1.67 bits per heavy atom. The van der Waals surface area contributed by atoms with Crippen LogP contribution in [0.5, 0.6) is 0 Å². The smallest absolute Gasteiger partial charge is 0.300 e. The molecule has 0 aromatic heterocycles. The molecule has 0 saturated carbocycles. The van der Waals surface area contributed by atoms with Crippen molar-refractivity contribution in [3.8, 4) is 0 Å². The van der Waals surface area contributed by atoms with Crippen LogP contribution < -0.4 is 0 Å². The summed E-state index contributed by atoms with van der Waals surface area (Å²) in [7, 11) is 0. The van der Waals surface area contributed by atoms with Gasteiger partial charge in [0.25, 0.3) is 5.97 Å². The van der Waals surface area contributed by atoms with Crippen LogP contribution in [0.4, 0.5) is 0 Å². The Morgan fingerprint density at radius 3 is 1.67 bits per heavy atom. The van der Waals surface area contributed by atoms with Gasteiger partial charge in [0.2, 0.25) is 0 Å². The maximum atomic E-state index is 9.00. The standard InChI is InChI=1S/C2H4O2.H3P.Pd/c1-2(3)4;;/h1H3,(H,3,4);1H3;. The minimum atomic E-state index is -0.833. The van der Waals surface area contributed by atoms with Gasteiger partial charge in [-0.15, -0.1) is 0 Å². The van der Waals surface area contributed by atoms with Crippen LogP contribution in [0.3, 0.4) is 0 Å². The molecule has 0 rings (SSSR count). The third kappa shape index (κ3) is 183. The molecule has 0 aliphatic heterocycles. The Labute approximate surface area is 53.6 Å². The summed E-state index contributed by atoms with van der Waals surface area (Å²) in [5, 5.41) is 7.42. The SMILES string of the molecule is CC(=O)O.P.[Pd]. The molecule has 1 atom stereocenters. The van der Waals surface area contributed by atoms with Crippen molar-refractivity contribution in [3.05, 3.63) is 0 Å². The summed E-state index contributed by atoms with van der Waals surface area (Å²) in [6.45, 7) is 1.08. The van der Waals surface area contributed by atoms with Crippen LogP contribution in [0.1, 0.15) is 6.92 Å². The number of carboxylic acid groups (broad SMARTS) is 1. The molecule has 0 spiro atoms. The molecule has 0 heterocycles. The van der Waals surface area contributed by atoms with Gasteiger partial charge in [-0.1, -0.05) is 0 Å². The molecule has 0 radical (unpaired) electrons. The third-order valence-electron chi connectivity index (χ3n) is 0. The Balaban J connectivity index is -0.0000000450. The average Bonchev–Trinajstić information content (AvgIpc) is 0.811. The van der Waals surface area contributed by atoms with E-state index >= 15 is 0 Å². The molecule has 1 unspecified atom stereocenters. The van der Waals surface area contributed by atoms with E-state index in [2.05, 4.69) is 0 Å². The van der Waals surface area contributed by atoms with E-state index in [-0.39, 0.29) is 30.3 Å². The van der Waals surface area contributed by atoms with Crippen molar-refractivity contribution >= 4 is 15.9 Å². The molecule has 2 nitrogen and oxygen atoms in total. The van der Waals surface area contributed by atoms with Gasteiger partial charge in [0.15, 0.2) is 0 Å². The van der Waals surface area contributed by atoms with Crippen molar-refractivity contribution in [2.24, 2.45) is 0 Å². The first-order chi connectivity index (χ1) is 1.73. The van der Waals surface area contributed by atoms with E-state index in [0.717, 1.165) is 6.92 Å². The number of aliphatic carboxylic acids is 1. The van der Waals surface area contributed by atoms with Crippen molar-refractivity contribution in [3.63, 3.8) is 0 Å². The number of carboxylic acids is 1. The van der Waals surface area contributed by atoms with Crippen LogP contribution in [0.15, 0.2) is 0 Å². The Morgan fingerprint density at radius 2 is 1.67 bits per heavy atom. The first-order valence-electron chi connectivity index (χ1n) is 0.928. The van der Waals surface area contributed by atoms with E-state index in [1.165, 1.54) is 0 Å². The number of hydrogen-bond acceptors (Lipinski definition) is 1. The largest absolute Gasteiger partial charge is 0.481 e. The van der Waals surface area contributed by atoms with Crippen LogP contribution in [0, 0.1) is 0 Å². The monoisotopic (exact) mass is 200 g/mol. The molecule has 0 fully saturated rings. The molecule has 1 N–H and O–H groups in total. The van der Waals surface area contributed by atoms with E-state index in [1.54, 1.807) is 0 Å².